The average molecular weight is 430 g/mol. The molecule has 0 unspecified atom stereocenters. The van der Waals surface area contributed by atoms with Crippen LogP contribution >= 0.6 is 11.3 Å². The van der Waals surface area contributed by atoms with E-state index in [4.69, 9.17) is 9.40 Å². The first-order chi connectivity index (χ1) is 15.2. The predicted molar refractivity (Wildman–Crippen MR) is 123 cm³/mol. The number of nitrogens with zero attached hydrogens (tertiary/aromatic N) is 4. The first kappa shape index (κ1) is 19.0. The number of benzene rings is 1. The number of thiazole rings is 1. The largest absolute Gasteiger partial charge is 0.449 e. The van der Waals surface area contributed by atoms with Gasteiger partial charge in [-0.3, -0.25) is 14.6 Å². The lowest BCUT2D eigenvalue weighted by Crippen LogP contribution is -2.24. The minimum absolute atomic E-state index is 0.195. The van der Waals surface area contributed by atoms with Crippen molar-refractivity contribution >= 4 is 44.4 Å². The first-order valence-electron chi connectivity index (χ1n) is 9.62. The van der Waals surface area contributed by atoms with Crippen molar-refractivity contribution in [2.75, 3.05) is 10.7 Å². The number of aryl methyl sites for hydroxylation is 1. The Hall–Kier alpha value is -3.98. The van der Waals surface area contributed by atoms with Gasteiger partial charge in [-0.05, 0) is 36.8 Å². The van der Waals surface area contributed by atoms with Crippen molar-refractivity contribution in [3.63, 3.8) is 0 Å². The van der Waals surface area contributed by atoms with E-state index in [0.29, 0.717) is 34.5 Å². The SMILES string of the molecule is Cc1cccn2c(=O)c(C=NNc3nc4ccccc4s3)c(CNc3ccco3)nc12. The van der Waals surface area contributed by atoms with Crippen molar-refractivity contribution in [2.45, 2.75) is 13.5 Å². The zero-order valence-electron chi connectivity index (χ0n) is 16.6. The van der Waals surface area contributed by atoms with Crippen molar-refractivity contribution in [2.24, 2.45) is 5.10 Å². The Morgan fingerprint density at radius 3 is 2.90 bits per heavy atom. The van der Waals surface area contributed by atoms with Crippen LogP contribution in [0, 0.1) is 6.92 Å². The van der Waals surface area contributed by atoms with Gasteiger partial charge in [-0.2, -0.15) is 5.10 Å². The molecule has 0 radical (unpaired) electrons. The molecular weight excluding hydrogens is 412 g/mol. The van der Waals surface area contributed by atoms with E-state index >= 15 is 0 Å². The van der Waals surface area contributed by atoms with Crippen LogP contribution < -0.4 is 16.3 Å². The Bertz CT molecular complexity index is 1420. The number of hydrogen-bond acceptors (Lipinski definition) is 8. The molecule has 154 valence electrons. The van der Waals surface area contributed by atoms with Crippen LogP contribution in [0.4, 0.5) is 11.0 Å². The molecule has 31 heavy (non-hydrogen) atoms. The molecule has 8 nitrogen and oxygen atoms in total. The van der Waals surface area contributed by atoms with Crippen LogP contribution in [-0.4, -0.2) is 20.6 Å². The average Bonchev–Trinajstić information content (AvgIpc) is 3.44. The zero-order valence-corrected chi connectivity index (χ0v) is 17.4. The molecule has 0 saturated carbocycles. The van der Waals surface area contributed by atoms with Crippen LogP contribution in [-0.2, 0) is 6.54 Å². The van der Waals surface area contributed by atoms with Crippen LogP contribution in [0.15, 0.2) is 75.3 Å². The van der Waals surface area contributed by atoms with Gasteiger partial charge in [0.1, 0.15) is 5.65 Å². The summed E-state index contributed by atoms with van der Waals surface area (Å²) in [6.07, 6.45) is 4.79. The minimum Gasteiger partial charge on any atom is -0.449 e. The lowest BCUT2D eigenvalue weighted by atomic mass is 10.2. The Morgan fingerprint density at radius 1 is 1.16 bits per heavy atom. The second-order valence-corrected chi connectivity index (χ2v) is 7.88. The number of rotatable bonds is 6. The lowest BCUT2D eigenvalue weighted by molar-refractivity contribution is 0.578. The second kappa shape index (κ2) is 8.04. The molecule has 4 aromatic heterocycles. The van der Waals surface area contributed by atoms with E-state index in [1.54, 1.807) is 18.5 Å². The van der Waals surface area contributed by atoms with E-state index in [9.17, 15) is 4.79 Å². The van der Waals surface area contributed by atoms with Crippen LogP contribution in [0.3, 0.4) is 0 Å². The van der Waals surface area contributed by atoms with E-state index in [1.165, 1.54) is 22.0 Å². The Kier molecular flexibility index (Phi) is 4.93. The number of hydrogen-bond donors (Lipinski definition) is 2. The normalized spacial score (nSPS) is 11.5. The van der Waals surface area contributed by atoms with Gasteiger partial charge in [0.05, 0.1) is 40.5 Å². The maximum atomic E-state index is 13.2. The highest BCUT2D eigenvalue weighted by Crippen LogP contribution is 2.25. The summed E-state index contributed by atoms with van der Waals surface area (Å²) < 4.78 is 7.92. The molecule has 0 bridgehead atoms. The number of furan rings is 1. The molecule has 0 fully saturated rings. The summed E-state index contributed by atoms with van der Waals surface area (Å²) in [6, 6.07) is 15.2. The molecule has 2 N–H and O–H groups in total. The summed E-state index contributed by atoms with van der Waals surface area (Å²) in [5.41, 5.74) is 6.12. The van der Waals surface area contributed by atoms with Crippen molar-refractivity contribution in [1.29, 1.82) is 0 Å². The Balaban J connectivity index is 1.50. The third-order valence-electron chi connectivity index (χ3n) is 4.76. The molecule has 0 atom stereocenters. The van der Waals surface area contributed by atoms with Crippen molar-refractivity contribution in [3.05, 3.63) is 88.2 Å². The fourth-order valence-electron chi connectivity index (χ4n) is 3.24. The van der Waals surface area contributed by atoms with Crippen LogP contribution in [0.25, 0.3) is 15.9 Å². The highest BCUT2D eigenvalue weighted by Gasteiger charge is 2.13. The minimum atomic E-state index is -0.195. The van der Waals surface area contributed by atoms with E-state index in [-0.39, 0.29) is 5.56 Å². The van der Waals surface area contributed by atoms with Gasteiger partial charge in [0.15, 0.2) is 5.88 Å². The molecule has 1 aromatic carbocycles. The van der Waals surface area contributed by atoms with Gasteiger partial charge in [0.2, 0.25) is 5.13 Å². The molecule has 0 aliphatic carbocycles. The third-order valence-corrected chi connectivity index (χ3v) is 5.70. The Labute approximate surface area is 180 Å². The topological polar surface area (TPSA) is 96.8 Å². The second-order valence-electron chi connectivity index (χ2n) is 6.85. The third kappa shape index (κ3) is 3.78. The molecule has 0 aliphatic rings. The maximum absolute atomic E-state index is 13.2. The number of para-hydroxylation sites is 1. The molecule has 9 heteroatoms. The molecule has 0 aliphatic heterocycles. The van der Waals surface area contributed by atoms with Gasteiger partial charge in [-0.15, -0.1) is 0 Å². The molecular formula is C22H18N6O2S. The fraction of sp³-hybridized carbons (Fsp3) is 0.0909. The summed E-state index contributed by atoms with van der Waals surface area (Å²) in [5.74, 6) is 0.599. The number of hydrazone groups is 1. The molecule has 0 saturated heterocycles. The van der Waals surface area contributed by atoms with Gasteiger partial charge in [-0.25, -0.2) is 9.97 Å². The summed E-state index contributed by atoms with van der Waals surface area (Å²) in [5, 5.41) is 8.07. The monoisotopic (exact) mass is 430 g/mol. The van der Waals surface area contributed by atoms with E-state index in [1.807, 2.05) is 49.4 Å². The highest BCUT2D eigenvalue weighted by atomic mass is 32.1. The maximum Gasteiger partial charge on any atom is 0.267 e. The van der Waals surface area contributed by atoms with E-state index in [0.717, 1.165) is 15.8 Å². The molecule has 0 spiro atoms. The predicted octanol–water partition coefficient (Wildman–Crippen LogP) is 4.26. The summed E-state index contributed by atoms with van der Waals surface area (Å²) >= 11 is 1.49. The van der Waals surface area contributed by atoms with Gasteiger partial charge in [-0.1, -0.05) is 29.5 Å². The van der Waals surface area contributed by atoms with Crippen molar-refractivity contribution in [1.82, 2.24) is 14.4 Å². The Morgan fingerprint density at radius 2 is 2.06 bits per heavy atom. The summed E-state index contributed by atoms with van der Waals surface area (Å²) in [6.45, 7) is 2.24. The number of nitrogens with one attached hydrogen (secondary N) is 2. The zero-order chi connectivity index (χ0) is 21.2. The summed E-state index contributed by atoms with van der Waals surface area (Å²) in [7, 11) is 0. The van der Waals surface area contributed by atoms with E-state index in [2.05, 4.69) is 20.8 Å². The highest BCUT2D eigenvalue weighted by molar-refractivity contribution is 7.22. The molecule has 5 rings (SSSR count). The van der Waals surface area contributed by atoms with Crippen LogP contribution in [0.5, 0.6) is 0 Å². The van der Waals surface area contributed by atoms with Gasteiger partial charge in [0.25, 0.3) is 5.56 Å². The van der Waals surface area contributed by atoms with Gasteiger partial charge >= 0.3 is 0 Å². The number of aromatic nitrogens is 3. The fourth-order valence-corrected chi connectivity index (χ4v) is 4.06. The quantitative estimate of drug-likeness (QED) is 0.309. The van der Waals surface area contributed by atoms with Crippen LogP contribution in [0.2, 0.25) is 0 Å². The molecule has 5 aromatic rings. The standard InChI is InChI=1S/C22H18N6O2S/c1-14-6-4-10-28-20(14)25-17(13-23-19-9-5-11-30-19)15(21(28)29)12-24-27-22-26-16-7-2-3-8-18(16)31-22/h2-12,23H,13H2,1H3,(H,26,27). The van der Waals surface area contributed by atoms with Crippen molar-refractivity contribution in [3.8, 4) is 0 Å². The number of fused-ring (bicyclic) bond motifs is 2. The summed E-state index contributed by atoms with van der Waals surface area (Å²) in [4.78, 5) is 22.4. The molecule has 4 heterocycles. The number of pyridine rings is 1. The molecule has 0 amide bonds. The van der Waals surface area contributed by atoms with Gasteiger partial charge < -0.3 is 9.73 Å². The van der Waals surface area contributed by atoms with Crippen molar-refractivity contribution < 1.29 is 4.42 Å². The number of anilines is 2. The lowest BCUT2D eigenvalue weighted by Gasteiger charge is -2.10. The smallest absolute Gasteiger partial charge is 0.267 e. The van der Waals surface area contributed by atoms with Crippen LogP contribution in [0.1, 0.15) is 16.8 Å². The van der Waals surface area contributed by atoms with Gasteiger partial charge in [0, 0.05) is 12.3 Å². The van der Waals surface area contributed by atoms with E-state index < -0.39 is 0 Å². The first-order valence-corrected chi connectivity index (χ1v) is 10.4.